The van der Waals surface area contributed by atoms with Crippen LogP contribution in [0.25, 0.3) is 11.0 Å². The maximum atomic E-state index is 10.8. The molecule has 0 bridgehead atoms. The molecule has 0 aliphatic heterocycles. The standard InChI is InChI=1S/C26H24O5/c27-25(28)18-30-24-13-7-12-23-21(17-31-26(23)24)16-29-22(14-19-8-3-1-4-9-19)15-20-10-5-2-6-11-20/h1-13,17,22H,14-16,18H2,(H,27,28). The van der Waals surface area contributed by atoms with Crippen LogP contribution in [0, 0.1) is 0 Å². The van der Waals surface area contributed by atoms with Gasteiger partial charge in [-0.05, 0) is 30.0 Å². The highest BCUT2D eigenvalue weighted by Crippen LogP contribution is 2.30. The Balaban J connectivity index is 1.50. The number of furan rings is 1. The fourth-order valence-corrected chi connectivity index (χ4v) is 3.60. The Bertz CT molecular complexity index is 1080. The molecule has 5 nitrogen and oxygen atoms in total. The highest BCUT2D eigenvalue weighted by atomic mass is 16.5. The van der Waals surface area contributed by atoms with Crippen LogP contribution in [-0.4, -0.2) is 23.8 Å². The van der Waals surface area contributed by atoms with Crippen molar-refractivity contribution in [1.29, 1.82) is 0 Å². The molecule has 1 aromatic heterocycles. The Labute approximate surface area is 180 Å². The van der Waals surface area contributed by atoms with Gasteiger partial charge in [0.15, 0.2) is 17.9 Å². The molecule has 1 heterocycles. The van der Waals surface area contributed by atoms with Crippen molar-refractivity contribution in [1.82, 2.24) is 0 Å². The third kappa shape index (κ3) is 5.53. The second kappa shape index (κ2) is 9.96. The number of rotatable bonds is 10. The first-order chi connectivity index (χ1) is 15.2. The van der Waals surface area contributed by atoms with Gasteiger partial charge in [0.05, 0.1) is 19.0 Å². The van der Waals surface area contributed by atoms with Gasteiger partial charge in [0.25, 0.3) is 0 Å². The van der Waals surface area contributed by atoms with Gasteiger partial charge in [0, 0.05) is 10.9 Å². The molecule has 4 rings (SSSR count). The van der Waals surface area contributed by atoms with Gasteiger partial charge in [-0.25, -0.2) is 4.79 Å². The van der Waals surface area contributed by atoms with Gasteiger partial charge in [0.1, 0.15) is 0 Å². The molecule has 0 aliphatic rings. The molecule has 3 aromatic carbocycles. The Morgan fingerprint density at radius 1 is 0.871 bits per heavy atom. The maximum absolute atomic E-state index is 10.8. The van der Waals surface area contributed by atoms with Gasteiger partial charge in [-0.2, -0.15) is 0 Å². The lowest BCUT2D eigenvalue weighted by molar-refractivity contribution is -0.139. The highest BCUT2D eigenvalue weighted by Gasteiger charge is 2.16. The summed E-state index contributed by atoms with van der Waals surface area (Å²) in [4.78, 5) is 10.8. The van der Waals surface area contributed by atoms with Crippen LogP contribution < -0.4 is 4.74 Å². The minimum absolute atomic E-state index is 0.00110. The number of carboxylic acids is 1. The first-order valence-corrected chi connectivity index (χ1v) is 10.2. The quantitative estimate of drug-likeness (QED) is 0.382. The van der Waals surface area contributed by atoms with Crippen molar-refractivity contribution in [2.75, 3.05) is 6.61 Å². The molecule has 31 heavy (non-hydrogen) atoms. The lowest BCUT2D eigenvalue weighted by atomic mass is 10.0. The third-order valence-corrected chi connectivity index (χ3v) is 5.08. The number of ether oxygens (including phenoxy) is 2. The molecule has 0 unspecified atom stereocenters. The van der Waals surface area contributed by atoms with Crippen LogP contribution in [0.5, 0.6) is 5.75 Å². The van der Waals surface area contributed by atoms with Crippen molar-refractivity contribution in [3.8, 4) is 5.75 Å². The van der Waals surface area contributed by atoms with Gasteiger partial charge < -0.3 is 19.0 Å². The average molecular weight is 416 g/mol. The van der Waals surface area contributed by atoms with E-state index in [1.54, 1.807) is 12.3 Å². The molecule has 1 N–H and O–H groups in total. The summed E-state index contributed by atoms with van der Waals surface area (Å²) in [5.74, 6) is -0.618. The molecule has 4 aromatic rings. The van der Waals surface area contributed by atoms with E-state index in [1.165, 1.54) is 11.1 Å². The number of fused-ring (bicyclic) bond motifs is 1. The number of para-hydroxylation sites is 1. The van der Waals surface area contributed by atoms with Crippen molar-refractivity contribution >= 4 is 16.9 Å². The second-order valence-electron chi connectivity index (χ2n) is 7.39. The Morgan fingerprint density at radius 3 is 2.13 bits per heavy atom. The van der Waals surface area contributed by atoms with Crippen LogP contribution >= 0.6 is 0 Å². The zero-order valence-corrected chi connectivity index (χ0v) is 17.1. The molecule has 0 amide bonds. The fourth-order valence-electron chi connectivity index (χ4n) is 3.60. The van der Waals surface area contributed by atoms with Crippen molar-refractivity contribution in [2.45, 2.75) is 25.6 Å². The number of hydrogen-bond donors (Lipinski definition) is 1. The molecule has 0 fully saturated rings. The number of carbonyl (C=O) groups is 1. The number of benzene rings is 3. The van der Waals surface area contributed by atoms with Crippen LogP contribution in [0.3, 0.4) is 0 Å². The monoisotopic (exact) mass is 416 g/mol. The van der Waals surface area contributed by atoms with Crippen molar-refractivity contribution < 1.29 is 23.8 Å². The molecular formula is C26H24O5. The molecule has 0 radical (unpaired) electrons. The van der Waals surface area contributed by atoms with Crippen LogP contribution in [0.1, 0.15) is 16.7 Å². The minimum atomic E-state index is -1.03. The smallest absolute Gasteiger partial charge is 0.341 e. The number of aliphatic carboxylic acids is 1. The van der Waals surface area contributed by atoms with E-state index in [9.17, 15) is 4.79 Å². The summed E-state index contributed by atoms with van der Waals surface area (Å²) in [7, 11) is 0. The lowest BCUT2D eigenvalue weighted by Gasteiger charge is -2.18. The zero-order chi connectivity index (χ0) is 21.5. The van der Waals surface area contributed by atoms with E-state index in [4.69, 9.17) is 19.0 Å². The number of hydrogen-bond acceptors (Lipinski definition) is 4. The molecule has 0 spiro atoms. The Morgan fingerprint density at radius 2 is 1.52 bits per heavy atom. The first-order valence-electron chi connectivity index (χ1n) is 10.2. The van der Waals surface area contributed by atoms with Gasteiger partial charge >= 0.3 is 5.97 Å². The zero-order valence-electron chi connectivity index (χ0n) is 17.1. The molecule has 0 atom stereocenters. The molecule has 158 valence electrons. The summed E-state index contributed by atoms with van der Waals surface area (Å²) in [5.41, 5.74) is 3.89. The van der Waals surface area contributed by atoms with E-state index >= 15 is 0 Å². The van der Waals surface area contributed by atoms with Gasteiger partial charge in [-0.1, -0.05) is 72.8 Å². The lowest BCUT2D eigenvalue weighted by Crippen LogP contribution is -2.19. The molecular weight excluding hydrogens is 392 g/mol. The van der Waals surface area contributed by atoms with E-state index in [0.717, 1.165) is 23.8 Å². The molecule has 0 saturated heterocycles. The minimum Gasteiger partial charge on any atom is -0.479 e. The summed E-state index contributed by atoms with van der Waals surface area (Å²) >= 11 is 0. The predicted octanol–water partition coefficient (Wildman–Crippen LogP) is 5.27. The van der Waals surface area contributed by atoms with Crippen LogP contribution in [0.2, 0.25) is 0 Å². The van der Waals surface area contributed by atoms with Crippen molar-refractivity contribution in [3.63, 3.8) is 0 Å². The van der Waals surface area contributed by atoms with E-state index in [1.807, 2.05) is 48.5 Å². The summed E-state index contributed by atoms with van der Waals surface area (Å²) in [5, 5.41) is 9.73. The summed E-state index contributed by atoms with van der Waals surface area (Å²) in [6.07, 6.45) is 3.26. The van der Waals surface area contributed by atoms with Gasteiger partial charge in [-0.15, -0.1) is 0 Å². The SMILES string of the molecule is O=C(O)COc1cccc2c(COC(Cc3ccccc3)Cc3ccccc3)coc12. The third-order valence-electron chi connectivity index (χ3n) is 5.08. The Kier molecular flexibility index (Phi) is 6.65. The topological polar surface area (TPSA) is 68.9 Å². The van der Waals surface area contributed by atoms with Crippen molar-refractivity contribution in [2.24, 2.45) is 0 Å². The maximum Gasteiger partial charge on any atom is 0.341 e. The van der Waals surface area contributed by atoms with E-state index in [2.05, 4.69) is 24.3 Å². The second-order valence-corrected chi connectivity index (χ2v) is 7.39. The van der Waals surface area contributed by atoms with Crippen LogP contribution in [0.15, 0.2) is 89.5 Å². The summed E-state index contributed by atoms with van der Waals surface area (Å²) < 4.78 is 17.4. The number of carboxylic acid groups (broad SMARTS) is 1. The van der Waals surface area contributed by atoms with Crippen molar-refractivity contribution in [3.05, 3.63) is 102 Å². The van der Waals surface area contributed by atoms with Gasteiger partial charge in [0.2, 0.25) is 0 Å². The fraction of sp³-hybridized carbons (Fsp3) is 0.192. The normalized spacial score (nSPS) is 11.1. The summed E-state index contributed by atoms with van der Waals surface area (Å²) in [6.45, 7) is -0.0262. The highest BCUT2D eigenvalue weighted by molar-refractivity contribution is 5.86. The summed E-state index contributed by atoms with van der Waals surface area (Å²) in [6, 6.07) is 26.1. The van der Waals surface area contributed by atoms with E-state index in [-0.39, 0.29) is 6.10 Å². The first kappa shape index (κ1) is 20.7. The molecule has 0 saturated carbocycles. The average Bonchev–Trinajstić information content (AvgIpc) is 3.21. The van der Waals surface area contributed by atoms with E-state index in [0.29, 0.717) is 17.9 Å². The van der Waals surface area contributed by atoms with Gasteiger partial charge in [-0.3, -0.25) is 0 Å². The van der Waals surface area contributed by atoms with Crippen LogP contribution in [-0.2, 0) is 29.0 Å². The predicted molar refractivity (Wildman–Crippen MR) is 118 cm³/mol. The van der Waals surface area contributed by atoms with E-state index < -0.39 is 12.6 Å². The Hall–Kier alpha value is -3.57. The molecule has 5 heteroatoms. The van der Waals surface area contributed by atoms with Crippen LogP contribution in [0.4, 0.5) is 0 Å². The largest absolute Gasteiger partial charge is 0.479 e. The molecule has 0 aliphatic carbocycles.